The molecule has 1 atom stereocenters. The molecule has 2 bridgehead atoms. The van der Waals surface area contributed by atoms with Crippen LogP contribution >= 0.6 is 0 Å². The van der Waals surface area contributed by atoms with Crippen LogP contribution in [0.4, 0.5) is 0 Å². The highest BCUT2D eigenvalue weighted by Gasteiger charge is 2.51. The molecule has 1 heterocycles. The van der Waals surface area contributed by atoms with Gasteiger partial charge in [0.05, 0.1) is 0 Å². The molecule has 1 nitrogen and oxygen atoms in total. The molecule has 4 fully saturated rings. The zero-order valence-corrected chi connectivity index (χ0v) is 7.97. The van der Waals surface area contributed by atoms with Gasteiger partial charge in [-0.3, -0.25) is 0 Å². The van der Waals surface area contributed by atoms with Crippen molar-refractivity contribution in [2.45, 2.75) is 32.6 Å². The van der Waals surface area contributed by atoms with Gasteiger partial charge in [-0.25, -0.2) is 0 Å². The van der Waals surface area contributed by atoms with E-state index in [1.165, 1.54) is 25.9 Å². The van der Waals surface area contributed by atoms with Crippen molar-refractivity contribution in [1.82, 2.24) is 5.32 Å². The average molecular weight is 165 g/mol. The molecule has 1 aliphatic heterocycles. The molecule has 0 radical (unpaired) electrons. The van der Waals surface area contributed by atoms with Gasteiger partial charge in [-0.15, -0.1) is 0 Å². The number of rotatable bonds is 0. The van der Waals surface area contributed by atoms with Crippen molar-refractivity contribution in [3.8, 4) is 0 Å². The van der Waals surface area contributed by atoms with Crippen LogP contribution in [0.1, 0.15) is 32.6 Å². The van der Waals surface area contributed by atoms with Gasteiger partial charge >= 0.3 is 0 Å². The number of hydrogen-bond donors (Lipinski definition) is 1. The third-order valence-corrected chi connectivity index (χ3v) is 4.70. The zero-order chi connectivity index (χ0) is 8.18. The lowest BCUT2D eigenvalue weighted by Crippen LogP contribution is -2.45. The van der Waals surface area contributed by atoms with Crippen molar-refractivity contribution in [1.29, 1.82) is 0 Å². The van der Waals surface area contributed by atoms with Gasteiger partial charge in [-0.2, -0.15) is 0 Å². The first-order chi connectivity index (χ1) is 5.78. The van der Waals surface area contributed by atoms with E-state index in [1.54, 1.807) is 12.8 Å². The quantitative estimate of drug-likeness (QED) is 0.579. The minimum atomic E-state index is 0.742. The third kappa shape index (κ3) is 0.834. The summed E-state index contributed by atoms with van der Waals surface area (Å²) in [4.78, 5) is 0. The smallest absolute Gasteiger partial charge is 0.00112 e. The lowest BCUT2D eigenvalue weighted by atomic mass is 9.53. The summed E-state index contributed by atoms with van der Waals surface area (Å²) in [7, 11) is 0. The van der Waals surface area contributed by atoms with E-state index < -0.39 is 0 Å². The van der Waals surface area contributed by atoms with E-state index in [0.29, 0.717) is 0 Å². The van der Waals surface area contributed by atoms with Crippen LogP contribution in [0.25, 0.3) is 0 Å². The second kappa shape index (κ2) is 2.25. The maximum Gasteiger partial charge on any atom is 0.00112 e. The van der Waals surface area contributed by atoms with Crippen molar-refractivity contribution >= 4 is 0 Å². The Morgan fingerprint density at radius 2 is 1.83 bits per heavy atom. The Labute approximate surface area is 74.9 Å². The Hall–Kier alpha value is -0.0400. The molecule has 3 saturated carbocycles. The van der Waals surface area contributed by atoms with Crippen LogP contribution in [0.15, 0.2) is 0 Å². The van der Waals surface area contributed by atoms with Gasteiger partial charge in [0, 0.05) is 6.54 Å². The van der Waals surface area contributed by atoms with Crippen molar-refractivity contribution in [2.75, 3.05) is 13.1 Å². The summed E-state index contributed by atoms with van der Waals surface area (Å²) >= 11 is 0. The summed E-state index contributed by atoms with van der Waals surface area (Å²) in [5.41, 5.74) is 0.742. The highest BCUT2D eigenvalue weighted by atomic mass is 14.9. The van der Waals surface area contributed by atoms with E-state index in [1.807, 2.05) is 0 Å². The molecule has 12 heavy (non-hydrogen) atoms. The molecule has 0 amide bonds. The lowest BCUT2D eigenvalue weighted by molar-refractivity contribution is -0.0129. The largest absolute Gasteiger partial charge is 0.316 e. The van der Waals surface area contributed by atoms with Gasteiger partial charge in [0.15, 0.2) is 0 Å². The number of hydrogen-bond acceptors (Lipinski definition) is 1. The number of nitrogens with one attached hydrogen (secondary N) is 1. The van der Waals surface area contributed by atoms with E-state index in [-0.39, 0.29) is 0 Å². The minimum Gasteiger partial charge on any atom is -0.316 e. The molecule has 0 aromatic heterocycles. The predicted octanol–water partition coefficient (Wildman–Crippen LogP) is 2.03. The van der Waals surface area contributed by atoms with Crippen LogP contribution in [0, 0.1) is 23.2 Å². The van der Waals surface area contributed by atoms with Gasteiger partial charge < -0.3 is 5.32 Å². The summed E-state index contributed by atoms with van der Waals surface area (Å²) in [6, 6.07) is 0. The highest BCUT2D eigenvalue weighted by Crippen LogP contribution is 2.57. The Bertz CT molecular complexity index is 183. The Kier molecular flexibility index (Phi) is 1.39. The van der Waals surface area contributed by atoms with Gasteiger partial charge in [-0.05, 0) is 55.4 Å². The topological polar surface area (TPSA) is 12.0 Å². The molecule has 3 aliphatic carbocycles. The van der Waals surface area contributed by atoms with Crippen LogP contribution in [0.3, 0.4) is 0 Å². The Morgan fingerprint density at radius 3 is 2.33 bits per heavy atom. The summed E-state index contributed by atoms with van der Waals surface area (Å²) in [5.74, 6) is 3.18. The molecule has 68 valence electrons. The monoisotopic (exact) mass is 165 g/mol. The summed E-state index contributed by atoms with van der Waals surface area (Å²) in [5, 5.41) is 3.57. The van der Waals surface area contributed by atoms with Crippen LogP contribution in [0.2, 0.25) is 0 Å². The van der Waals surface area contributed by atoms with E-state index in [9.17, 15) is 0 Å². The lowest BCUT2D eigenvalue weighted by Gasteiger charge is -2.52. The summed E-state index contributed by atoms with van der Waals surface area (Å²) in [6.07, 6.45) is 6.21. The van der Waals surface area contributed by atoms with Crippen LogP contribution < -0.4 is 5.32 Å². The fourth-order valence-corrected chi connectivity index (χ4v) is 3.92. The first-order valence-corrected chi connectivity index (χ1v) is 5.49. The van der Waals surface area contributed by atoms with Crippen molar-refractivity contribution in [3.63, 3.8) is 0 Å². The standard InChI is InChI=1S/C11H19N/c1-8-6-12-7-11(8)4-9-2-10(3-9)5-11/h8-10,12H,2-7H2,1H3. The first kappa shape index (κ1) is 7.37. The van der Waals surface area contributed by atoms with Gasteiger partial charge in [0.1, 0.15) is 0 Å². The van der Waals surface area contributed by atoms with Gasteiger partial charge in [0.25, 0.3) is 0 Å². The average Bonchev–Trinajstić information content (AvgIpc) is 2.31. The van der Waals surface area contributed by atoms with Crippen LogP contribution in [-0.4, -0.2) is 13.1 Å². The van der Waals surface area contributed by atoms with Crippen molar-refractivity contribution < 1.29 is 0 Å². The molecule has 0 aromatic rings. The fourth-order valence-electron chi connectivity index (χ4n) is 3.92. The van der Waals surface area contributed by atoms with Gasteiger partial charge in [0.2, 0.25) is 0 Å². The second-order valence-corrected chi connectivity index (χ2v) is 5.51. The molecular formula is C11H19N. The second-order valence-electron chi connectivity index (χ2n) is 5.51. The molecule has 0 aromatic carbocycles. The van der Waals surface area contributed by atoms with E-state index >= 15 is 0 Å². The third-order valence-electron chi connectivity index (χ3n) is 4.70. The summed E-state index contributed by atoms with van der Waals surface area (Å²) in [6.45, 7) is 5.05. The summed E-state index contributed by atoms with van der Waals surface area (Å²) < 4.78 is 0. The molecule has 4 aliphatic rings. The molecule has 4 rings (SSSR count). The fraction of sp³-hybridized carbons (Fsp3) is 1.00. The molecule has 1 N–H and O–H groups in total. The zero-order valence-electron chi connectivity index (χ0n) is 7.97. The van der Waals surface area contributed by atoms with Crippen molar-refractivity contribution in [3.05, 3.63) is 0 Å². The molecule has 1 unspecified atom stereocenters. The van der Waals surface area contributed by atoms with Crippen molar-refractivity contribution in [2.24, 2.45) is 23.2 Å². The minimum absolute atomic E-state index is 0.742. The molecular weight excluding hydrogens is 146 g/mol. The van der Waals surface area contributed by atoms with Gasteiger partial charge in [-0.1, -0.05) is 6.92 Å². The molecule has 1 heteroatoms. The first-order valence-electron chi connectivity index (χ1n) is 5.49. The maximum absolute atomic E-state index is 3.57. The maximum atomic E-state index is 3.57. The molecule has 1 saturated heterocycles. The van der Waals surface area contributed by atoms with Crippen LogP contribution in [0.5, 0.6) is 0 Å². The Balaban J connectivity index is 1.82. The normalized spacial score (nSPS) is 57.2. The molecule has 1 spiro atoms. The highest BCUT2D eigenvalue weighted by molar-refractivity contribution is 5.03. The van der Waals surface area contributed by atoms with E-state index in [0.717, 1.165) is 23.2 Å². The SMILES string of the molecule is CC1CNCC12CC1CC(C1)C2. The predicted molar refractivity (Wildman–Crippen MR) is 49.9 cm³/mol. The Morgan fingerprint density at radius 1 is 1.17 bits per heavy atom. The van der Waals surface area contributed by atoms with Crippen LogP contribution in [-0.2, 0) is 0 Å². The van der Waals surface area contributed by atoms with E-state index in [4.69, 9.17) is 0 Å². The van der Waals surface area contributed by atoms with E-state index in [2.05, 4.69) is 12.2 Å².